The molecule has 0 saturated heterocycles. The summed E-state index contributed by atoms with van der Waals surface area (Å²) in [7, 11) is 0. The molecule has 0 aliphatic carbocycles. The monoisotopic (exact) mass is 242 g/mol. The molecule has 0 aromatic heterocycles. The molecule has 4 heteroatoms. The average Bonchev–Trinajstić information content (AvgIpc) is 2.38. The highest BCUT2D eigenvalue weighted by Crippen LogP contribution is 2.13. The van der Waals surface area contributed by atoms with Gasteiger partial charge in [0.15, 0.2) is 0 Å². The number of rotatable bonds is 4. The predicted octanol–water partition coefficient (Wildman–Crippen LogP) is 2.10. The van der Waals surface area contributed by atoms with E-state index < -0.39 is 5.91 Å². The molecular weight excluding hydrogens is 228 g/mol. The average molecular weight is 242 g/mol. The van der Waals surface area contributed by atoms with Crippen LogP contribution in [0.15, 0.2) is 48.5 Å². The van der Waals surface area contributed by atoms with Crippen molar-refractivity contribution in [1.82, 2.24) is 0 Å². The molecule has 0 aliphatic rings. The van der Waals surface area contributed by atoms with Gasteiger partial charge < -0.3 is 16.2 Å². The van der Waals surface area contributed by atoms with E-state index in [9.17, 15) is 4.79 Å². The first-order valence-electron chi connectivity index (χ1n) is 5.57. The van der Waals surface area contributed by atoms with Crippen LogP contribution in [0.4, 0.5) is 5.69 Å². The Balaban J connectivity index is 1.97. The van der Waals surface area contributed by atoms with Gasteiger partial charge in [-0.2, -0.15) is 0 Å². The third kappa shape index (κ3) is 3.01. The molecule has 0 unspecified atom stereocenters. The molecular formula is C14H14N2O2. The van der Waals surface area contributed by atoms with Crippen molar-refractivity contribution in [1.29, 1.82) is 0 Å². The van der Waals surface area contributed by atoms with Crippen LogP contribution in [0.2, 0.25) is 0 Å². The third-order valence-corrected chi connectivity index (χ3v) is 2.60. The zero-order valence-corrected chi connectivity index (χ0v) is 9.76. The highest BCUT2D eigenvalue weighted by molar-refractivity contribution is 5.93. The van der Waals surface area contributed by atoms with Gasteiger partial charge >= 0.3 is 0 Å². The lowest BCUT2D eigenvalue weighted by Gasteiger charge is -2.07. The lowest BCUT2D eigenvalue weighted by molar-refractivity contribution is 0.100. The number of nitrogens with one attached hydrogen (secondary N) is 1. The van der Waals surface area contributed by atoms with Crippen LogP contribution in [0.1, 0.15) is 15.9 Å². The van der Waals surface area contributed by atoms with Gasteiger partial charge in [0.1, 0.15) is 5.75 Å². The van der Waals surface area contributed by atoms with Crippen LogP contribution < -0.4 is 11.1 Å². The van der Waals surface area contributed by atoms with E-state index in [1.807, 2.05) is 12.1 Å². The van der Waals surface area contributed by atoms with E-state index in [0.29, 0.717) is 12.1 Å². The number of carbonyl (C=O) groups is 1. The van der Waals surface area contributed by atoms with E-state index in [1.54, 1.807) is 36.4 Å². The van der Waals surface area contributed by atoms with Crippen molar-refractivity contribution in [3.05, 3.63) is 59.7 Å². The maximum atomic E-state index is 10.9. The summed E-state index contributed by atoms with van der Waals surface area (Å²) in [6, 6.07) is 14.0. The molecule has 2 aromatic carbocycles. The Labute approximate surface area is 105 Å². The molecule has 4 nitrogen and oxygen atoms in total. The molecule has 0 atom stereocenters. The zero-order valence-electron chi connectivity index (χ0n) is 9.76. The van der Waals surface area contributed by atoms with Crippen molar-refractivity contribution in [2.24, 2.45) is 5.73 Å². The van der Waals surface area contributed by atoms with E-state index in [2.05, 4.69) is 5.32 Å². The van der Waals surface area contributed by atoms with Crippen molar-refractivity contribution in [3.63, 3.8) is 0 Å². The summed E-state index contributed by atoms with van der Waals surface area (Å²) in [4.78, 5) is 10.9. The SMILES string of the molecule is NC(=O)c1ccc(NCc2ccc(O)cc2)cc1. The summed E-state index contributed by atoms with van der Waals surface area (Å²) in [5.41, 5.74) is 7.62. The Kier molecular flexibility index (Phi) is 3.48. The standard InChI is InChI=1S/C14H14N2O2/c15-14(18)11-3-5-12(6-4-11)16-9-10-1-7-13(17)8-2-10/h1-8,16-17H,9H2,(H2,15,18). The Morgan fingerprint density at radius 2 is 1.67 bits per heavy atom. The fourth-order valence-electron chi connectivity index (χ4n) is 1.57. The number of phenols is 1. The lowest BCUT2D eigenvalue weighted by Crippen LogP contribution is -2.10. The fourth-order valence-corrected chi connectivity index (χ4v) is 1.57. The van der Waals surface area contributed by atoms with E-state index in [0.717, 1.165) is 11.3 Å². The molecule has 0 heterocycles. The first-order chi connectivity index (χ1) is 8.65. The summed E-state index contributed by atoms with van der Waals surface area (Å²) in [5, 5.41) is 12.4. The van der Waals surface area contributed by atoms with Crippen LogP contribution in [0, 0.1) is 0 Å². The van der Waals surface area contributed by atoms with E-state index >= 15 is 0 Å². The molecule has 92 valence electrons. The number of hydrogen-bond acceptors (Lipinski definition) is 3. The van der Waals surface area contributed by atoms with Crippen LogP contribution in [0.3, 0.4) is 0 Å². The van der Waals surface area contributed by atoms with Gasteiger partial charge in [-0.1, -0.05) is 12.1 Å². The van der Waals surface area contributed by atoms with Gasteiger partial charge in [-0.15, -0.1) is 0 Å². The van der Waals surface area contributed by atoms with Crippen molar-refractivity contribution in [3.8, 4) is 5.75 Å². The van der Waals surface area contributed by atoms with Gasteiger partial charge in [0.2, 0.25) is 5.91 Å². The molecule has 2 rings (SSSR count). The molecule has 1 amide bonds. The van der Waals surface area contributed by atoms with E-state index in [1.165, 1.54) is 0 Å². The van der Waals surface area contributed by atoms with Crippen LogP contribution in [0.25, 0.3) is 0 Å². The molecule has 0 spiro atoms. The summed E-state index contributed by atoms with van der Waals surface area (Å²) in [6.45, 7) is 0.649. The molecule has 0 aliphatic heterocycles. The third-order valence-electron chi connectivity index (χ3n) is 2.60. The lowest BCUT2D eigenvalue weighted by atomic mass is 10.2. The molecule has 0 saturated carbocycles. The minimum Gasteiger partial charge on any atom is -0.508 e. The highest BCUT2D eigenvalue weighted by Gasteiger charge is 1.99. The summed E-state index contributed by atoms with van der Waals surface area (Å²) >= 11 is 0. The second-order valence-corrected chi connectivity index (χ2v) is 3.96. The van der Waals surface area contributed by atoms with Crippen LogP contribution in [0.5, 0.6) is 5.75 Å². The Morgan fingerprint density at radius 3 is 2.22 bits per heavy atom. The summed E-state index contributed by atoms with van der Waals surface area (Å²) < 4.78 is 0. The smallest absolute Gasteiger partial charge is 0.248 e. The normalized spacial score (nSPS) is 10.0. The van der Waals surface area contributed by atoms with Gasteiger partial charge in [0.25, 0.3) is 0 Å². The number of nitrogens with two attached hydrogens (primary N) is 1. The van der Waals surface area contributed by atoms with E-state index in [-0.39, 0.29) is 5.75 Å². The van der Waals surface area contributed by atoms with E-state index in [4.69, 9.17) is 10.8 Å². The Bertz CT molecular complexity index is 533. The number of primary amides is 1. The van der Waals surface area contributed by atoms with Gasteiger partial charge in [0, 0.05) is 17.8 Å². The van der Waals surface area contributed by atoms with Gasteiger partial charge in [-0.05, 0) is 42.0 Å². The van der Waals surface area contributed by atoms with Crippen LogP contribution in [-0.2, 0) is 6.54 Å². The Hall–Kier alpha value is -2.49. The number of benzene rings is 2. The van der Waals surface area contributed by atoms with Crippen molar-refractivity contribution < 1.29 is 9.90 Å². The van der Waals surface area contributed by atoms with Crippen molar-refractivity contribution in [2.75, 3.05) is 5.32 Å². The number of anilines is 1. The van der Waals surface area contributed by atoms with Gasteiger partial charge in [-0.3, -0.25) is 4.79 Å². The fraction of sp³-hybridized carbons (Fsp3) is 0.0714. The number of hydrogen-bond donors (Lipinski definition) is 3. The molecule has 0 bridgehead atoms. The quantitative estimate of drug-likeness (QED) is 0.768. The summed E-state index contributed by atoms with van der Waals surface area (Å²) in [5.74, 6) is -0.176. The molecule has 18 heavy (non-hydrogen) atoms. The second-order valence-electron chi connectivity index (χ2n) is 3.96. The topological polar surface area (TPSA) is 75.4 Å². The molecule has 4 N–H and O–H groups in total. The Morgan fingerprint density at radius 1 is 1.06 bits per heavy atom. The number of aromatic hydroxyl groups is 1. The van der Waals surface area contributed by atoms with Crippen molar-refractivity contribution in [2.45, 2.75) is 6.54 Å². The zero-order chi connectivity index (χ0) is 13.0. The van der Waals surface area contributed by atoms with Crippen molar-refractivity contribution >= 4 is 11.6 Å². The largest absolute Gasteiger partial charge is 0.508 e. The second kappa shape index (κ2) is 5.23. The molecule has 0 radical (unpaired) electrons. The molecule has 0 fully saturated rings. The number of carbonyl (C=O) groups excluding carboxylic acids is 1. The summed E-state index contributed by atoms with van der Waals surface area (Å²) in [6.07, 6.45) is 0. The van der Waals surface area contributed by atoms with Crippen LogP contribution >= 0.6 is 0 Å². The minimum atomic E-state index is -0.430. The number of amides is 1. The minimum absolute atomic E-state index is 0.254. The van der Waals surface area contributed by atoms with Gasteiger partial charge in [0.05, 0.1) is 0 Å². The molecule has 2 aromatic rings. The first kappa shape index (κ1) is 12.0. The number of phenolic OH excluding ortho intramolecular Hbond substituents is 1. The maximum absolute atomic E-state index is 10.9. The predicted molar refractivity (Wildman–Crippen MR) is 70.4 cm³/mol. The maximum Gasteiger partial charge on any atom is 0.248 e. The highest BCUT2D eigenvalue weighted by atomic mass is 16.3. The van der Waals surface area contributed by atoms with Crippen LogP contribution in [-0.4, -0.2) is 11.0 Å². The van der Waals surface area contributed by atoms with Gasteiger partial charge in [-0.25, -0.2) is 0 Å². The first-order valence-corrected chi connectivity index (χ1v) is 5.57.